The van der Waals surface area contributed by atoms with E-state index >= 15 is 0 Å². The van der Waals surface area contributed by atoms with E-state index in [1.165, 1.54) is 0 Å². The van der Waals surface area contributed by atoms with Gasteiger partial charge >= 0.3 is 0 Å². The van der Waals surface area contributed by atoms with Gasteiger partial charge in [0, 0.05) is 49.3 Å². The van der Waals surface area contributed by atoms with Crippen molar-refractivity contribution in [3.63, 3.8) is 0 Å². The molecular formula is C18H22ClN5O. The number of benzene rings is 1. The first-order valence-electron chi connectivity index (χ1n) is 8.43. The van der Waals surface area contributed by atoms with Crippen LogP contribution < -0.4 is 5.32 Å². The van der Waals surface area contributed by atoms with Gasteiger partial charge in [-0.15, -0.1) is 0 Å². The van der Waals surface area contributed by atoms with Crippen LogP contribution in [0.3, 0.4) is 0 Å². The average molecular weight is 360 g/mol. The molecule has 3 rings (SSSR count). The first-order valence-corrected chi connectivity index (χ1v) is 8.81. The lowest BCUT2D eigenvalue weighted by Gasteiger charge is -2.33. The minimum absolute atomic E-state index is 0.0127. The maximum Gasteiger partial charge on any atom is 0.257 e. The van der Waals surface area contributed by atoms with Crippen molar-refractivity contribution in [3.05, 3.63) is 46.7 Å². The third-order valence-corrected chi connectivity index (χ3v) is 4.69. The quantitative estimate of drug-likeness (QED) is 0.909. The first kappa shape index (κ1) is 17.6. The number of rotatable bonds is 4. The second-order valence-electron chi connectivity index (χ2n) is 6.11. The van der Waals surface area contributed by atoms with Crippen LogP contribution in [0.5, 0.6) is 0 Å². The third kappa shape index (κ3) is 4.27. The SMILES string of the molecule is CCN1CCN(C(=O)c2cnc(Nc3cc(Cl)ccc3C)nc2)CC1. The number of anilines is 2. The van der Waals surface area contributed by atoms with Gasteiger partial charge in [-0.25, -0.2) is 9.97 Å². The highest BCUT2D eigenvalue weighted by Crippen LogP contribution is 2.22. The lowest BCUT2D eigenvalue weighted by molar-refractivity contribution is 0.0642. The predicted molar refractivity (Wildman–Crippen MR) is 99.5 cm³/mol. The molecule has 25 heavy (non-hydrogen) atoms. The summed E-state index contributed by atoms with van der Waals surface area (Å²) >= 11 is 6.02. The van der Waals surface area contributed by atoms with E-state index < -0.39 is 0 Å². The van der Waals surface area contributed by atoms with Crippen LogP contribution in [0.4, 0.5) is 11.6 Å². The molecule has 1 amide bonds. The van der Waals surface area contributed by atoms with Crippen LogP contribution in [-0.2, 0) is 0 Å². The van der Waals surface area contributed by atoms with Gasteiger partial charge in [0.15, 0.2) is 0 Å². The molecule has 1 saturated heterocycles. The van der Waals surface area contributed by atoms with Crippen LogP contribution in [-0.4, -0.2) is 58.4 Å². The molecule has 6 nitrogen and oxygen atoms in total. The summed E-state index contributed by atoms with van der Waals surface area (Å²) in [6.07, 6.45) is 3.15. The Hall–Kier alpha value is -2.18. The topological polar surface area (TPSA) is 61.4 Å². The van der Waals surface area contributed by atoms with E-state index in [1.807, 2.05) is 30.0 Å². The molecule has 2 aromatic rings. The van der Waals surface area contributed by atoms with Gasteiger partial charge < -0.3 is 15.1 Å². The summed E-state index contributed by atoms with van der Waals surface area (Å²) in [6, 6.07) is 5.59. The zero-order valence-corrected chi connectivity index (χ0v) is 15.3. The number of aromatic nitrogens is 2. The van der Waals surface area contributed by atoms with Crippen molar-refractivity contribution >= 4 is 29.1 Å². The van der Waals surface area contributed by atoms with Crippen molar-refractivity contribution < 1.29 is 4.79 Å². The van der Waals surface area contributed by atoms with E-state index in [-0.39, 0.29) is 5.91 Å². The molecule has 1 fully saturated rings. The molecule has 132 valence electrons. The van der Waals surface area contributed by atoms with Gasteiger partial charge in [-0.3, -0.25) is 4.79 Å². The minimum atomic E-state index is -0.0127. The van der Waals surface area contributed by atoms with E-state index in [0.717, 1.165) is 44.0 Å². The van der Waals surface area contributed by atoms with E-state index in [9.17, 15) is 4.79 Å². The number of piperazine rings is 1. The maximum atomic E-state index is 12.6. The second kappa shape index (κ2) is 7.80. The molecule has 0 bridgehead atoms. The molecule has 0 aliphatic carbocycles. The summed E-state index contributed by atoms with van der Waals surface area (Å²) < 4.78 is 0. The average Bonchev–Trinajstić information content (AvgIpc) is 2.65. The molecule has 2 heterocycles. The summed E-state index contributed by atoms with van der Waals surface area (Å²) in [7, 11) is 0. The number of halogens is 1. The summed E-state index contributed by atoms with van der Waals surface area (Å²) in [5.41, 5.74) is 2.41. The highest BCUT2D eigenvalue weighted by molar-refractivity contribution is 6.30. The molecule has 1 aliphatic heterocycles. The van der Waals surface area contributed by atoms with Gasteiger partial charge in [0.2, 0.25) is 5.95 Å². The lowest BCUT2D eigenvalue weighted by atomic mass is 10.2. The Balaban J connectivity index is 1.66. The largest absolute Gasteiger partial charge is 0.336 e. The molecule has 0 spiro atoms. The number of aryl methyl sites for hydroxylation is 1. The Morgan fingerprint density at radius 2 is 1.88 bits per heavy atom. The molecule has 0 unspecified atom stereocenters. The van der Waals surface area contributed by atoms with Crippen molar-refractivity contribution in [2.75, 3.05) is 38.0 Å². The normalized spacial score (nSPS) is 15.2. The number of nitrogens with one attached hydrogen (secondary N) is 1. The smallest absolute Gasteiger partial charge is 0.257 e. The summed E-state index contributed by atoms with van der Waals surface area (Å²) in [4.78, 5) is 25.3. The number of hydrogen-bond acceptors (Lipinski definition) is 5. The number of amides is 1. The Morgan fingerprint density at radius 3 is 2.52 bits per heavy atom. The molecule has 1 aromatic carbocycles. The van der Waals surface area contributed by atoms with Crippen molar-refractivity contribution in [3.8, 4) is 0 Å². The van der Waals surface area contributed by atoms with E-state index in [1.54, 1.807) is 12.4 Å². The fraction of sp³-hybridized carbons (Fsp3) is 0.389. The zero-order chi connectivity index (χ0) is 17.8. The number of hydrogen-bond donors (Lipinski definition) is 1. The number of carbonyl (C=O) groups excluding carboxylic acids is 1. The Bertz CT molecular complexity index is 742. The van der Waals surface area contributed by atoms with Crippen molar-refractivity contribution in [2.24, 2.45) is 0 Å². The molecule has 7 heteroatoms. The van der Waals surface area contributed by atoms with Crippen molar-refractivity contribution in [1.29, 1.82) is 0 Å². The number of nitrogens with zero attached hydrogens (tertiary/aromatic N) is 4. The molecule has 1 aromatic heterocycles. The van der Waals surface area contributed by atoms with E-state index in [0.29, 0.717) is 16.5 Å². The van der Waals surface area contributed by atoms with Gasteiger partial charge in [-0.2, -0.15) is 0 Å². The second-order valence-corrected chi connectivity index (χ2v) is 6.54. The lowest BCUT2D eigenvalue weighted by Crippen LogP contribution is -2.48. The zero-order valence-electron chi connectivity index (χ0n) is 14.5. The number of likely N-dealkylation sites (N-methyl/N-ethyl adjacent to an activating group) is 1. The Kier molecular flexibility index (Phi) is 5.50. The van der Waals surface area contributed by atoms with Gasteiger partial charge in [-0.05, 0) is 31.2 Å². The molecule has 0 radical (unpaired) electrons. The number of carbonyl (C=O) groups is 1. The third-order valence-electron chi connectivity index (χ3n) is 4.45. The van der Waals surface area contributed by atoms with Crippen LogP contribution in [0, 0.1) is 6.92 Å². The minimum Gasteiger partial charge on any atom is -0.336 e. The van der Waals surface area contributed by atoms with Gasteiger partial charge in [-0.1, -0.05) is 24.6 Å². The standard InChI is InChI=1S/C18H22ClN5O/c1-3-23-6-8-24(9-7-23)17(25)14-11-20-18(21-12-14)22-16-10-15(19)5-4-13(16)2/h4-5,10-12H,3,6-9H2,1-2H3,(H,20,21,22). The summed E-state index contributed by atoms with van der Waals surface area (Å²) in [5.74, 6) is 0.430. The summed E-state index contributed by atoms with van der Waals surface area (Å²) in [6.45, 7) is 8.45. The predicted octanol–water partition coefficient (Wildman–Crippen LogP) is 2.96. The monoisotopic (exact) mass is 359 g/mol. The van der Waals surface area contributed by atoms with Crippen LogP contribution >= 0.6 is 11.6 Å². The van der Waals surface area contributed by atoms with Gasteiger partial charge in [0.05, 0.1) is 5.56 Å². The molecule has 1 aliphatic rings. The van der Waals surface area contributed by atoms with Gasteiger partial charge in [0.25, 0.3) is 5.91 Å². The van der Waals surface area contributed by atoms with Crippen molar-refractivity contribution in [2.45, 2.75) is 13.8 Å². The Morgan fingerprint density at radius 1 is 1.20 bits per heavy atom. The summed E-state index contributed by atoms with van der Waals surface area (Å²) in [5, 5.41) is 3.78. The Labute approximate surface area is 152 Å². The van der Waals surface area contributed by atoms with Crippen LogP contribution in [0.15, 0.2) is 30.6 Å². The molecule has 1 N–H and O–H groups in total. The first-order chi connectivity index (χ1) is 12.1. The fourth-order valence-electron chi connectivity index (χ4n) is 2.80. The van der Waals surface area contributed by atoms with Crippen LogP contribution in [0.25, 0.3) is 0 Å². The van der Waals surface area contributed by atoms with Gasteiger partial charge in [0.1, 0.15) is 0 Å². The highest BCUT2D eigenvalue weighted by Gasteiger charge is 2.21. The van der Waals surface area contributed by atoms with E-state index in [2.05, 4.69) is 27.1 Å². The maximum absolute atomic E-state index is 12.6. The van der Waals surface area contributed by atoms with Crippen LogP contribution in [0.2, 0.25) is 5.02 Å². The molecular weight excluding hydrogens is 338 g/mol. The molecule has 0 saturated carbocycles. The van der Waals surface area contributed by atoms with Crippen molar-refractivity contribution in [1.82, 2.24) is 19.8 Å². The van der Waals surface area contributed by atoms with E-state index in [4.69, 9.17) is 11.6 Å². The fourth-order valence-corrected chi connectivity index (χ4v) is 2.97. The highest BCUT2D eigenvalue weighted by atomic mass is 35.5. The molecule has 0 atom stereocenters. The van der Waals surface area contributed by atoms with Crippen LogP contribution in [0.1, 0.15) is 22.8 Å².